The summed E-state index contributed by atoms with van der Waals surface area (Å²) in [7, 11) is 0. The van der Waals surface area contributed by atoms with Gasteiger partial charge in [0.25, 0.3) is 5.91 Å². The van der Waals surface area contributed by atoms with Crippen molar-refractivity contribution in [2.75, 3.05) is 32.9 Å². The van der Waals surface area contributed by atoms with Gasteiger partial charge in [0, 0.05) is 31.4 Å². The van der Waals surface area contributed by atoms with Gasteiger partial charge in [-0.3, -0.25) is 14.4 Å². The number of aliphatic hydroxyl groups is 3. The zero-order valence-electron chi connectivity index (χ0n) is 22.1. The summed E-state index contributed by atoms with van der Waals surface area (Å²) < 4.78 is 0.768. The van der Waals surface area contributed by atoms with Crippen molar-refractivity contribution in [3.63, 3.8) is 0 Å². The van der Waals surface area contributed by atoms with Crippen LogP contribution in [0.2, 0.25) is 0 Å². The molecular formula is C26H42N4O7. The van der Waals surface area contributed by atoms with Crippen LogP contribution in [0.25, 0.3) is 0 Å². The van der Waals surface area contributed by atoms with Crippen LogP contribution in [0.1, 0.15) is 75.2 Å². The second-order valence-corrected chi connectivity index (χ2v) is 9.82. The Labute approximate surface area is 218 Å². The van der Waals surface area contributed by atoms with E-state index in [4.69, 9.17) is 0 Å². The number of amides is 3. The molecule has 11 heteroatoms. The Morgan fingerprint density at radius 2 is 1.51 bits per heavy atom. The lowest BCUT2D eigenvalue weighted by Gasteiger charge is -2.28. The molecular weight excluding hydrogens is 480 g/mol. The summed E-state index contributed by atoms with van der Waals surface area (Å²) in [6, 6.07) is 6.16. The van der Waals surface area contributed by atoms with Gasteiger partial charge in [0.1, 0.15) is 5.54 Å². The fourth-order valence-electron chi connectivity index (χ4n) is 3.27. The molecule has 1 aromatic carbocycles. The maximum atomic E-state index is 12.7. The lowest BCUT2D eigenvalue weighted by atomic mass is 10.0. The van der Waals surface area contributed by atoms with Gasteiger partial charge in [-0.2, -0.15) is 0 Å². The van der Waals surface area contributed by atoms with Crippen molar-refractivity contribution in [2.24, 2.45) is 0 Å². The molecule has 0 aliphatic heterocycles. The highest BCUT2D eigenvalue weighted by molar-refractivity contribution is 5.97. The fraction of sp³-hybridized carbons (Fsp3) is 0.615. The Bertz CT molecular complexity index is 888. The van der Waals surface area contributed by atoms with E-state index in [1.807, 2.05) is 0 Å². The predicted octanol–water partition coefficient (Wildman–Crippen LogP) is 0.433. The Morgan fingerprint density at radius 3 is 2.08 bits per heavy atom. The van der Waals surface area contributed by atoms with Gasteiger partial charge < -0.3 is 36.5 Å². The Hall–Kier alpha value is -3.02. The molecule has 11 nitrogen and oxygen atoms in total. The van der Waals surface area contributed by atoms with E-state index in [1.165, 1.54) is 24.8 Å². The molecule has 0 saturated carbocycles. The molecule has 0 aliphatic carbocycles. The van der Waals surface area contributed by atoms with E-state index in [2.05, 4.69) is 22.9 Å². The molecule has 3 amide bonds. The normalized spacial score (nSPS) is 12.2. The van der Waals surface area contributed by atoms with E-state index in [0.29, 0.717) is 12.0 Å². The van der Waals surface area contributed by atoms with Gasteiger partial charge in [-0.1, -0.05) is 32.6 Å². The molecule has 37 heavy (non-hydrogen) atoms. The van der Waals surface area contributed by atoms with E-state index in [9.17, 15) is 34.9 Å². The van der Waals surface area contributed by atoms with Crippen molar-refractivity contribution >= 4 is 23.9 Å². The molecule has 1 rings (SSSR count). The van der Waals surface area contributed by atoms with E-state index in [0.717, 1.165) is 30.4 Å². The van der Waals surface area contributed by atoms with Gasteiger partial charge in [0.05, 0.1) is 32.9 Å². The molecule has 0 unspecified atom stereocenters. The fourth-order valence-corrected chi connectivity index (χ4v) is 3.27. The first-order chi connectivity index (χ1) is 17.5. The molecule has 0 fully saturated rings. The van der Waals surface area contributed by atoms with Gasteiger partial charge >= 0.3 is 0 Å². The standard InChI is InChI=1S/C26H42N4O7/c1-4-5-6-7-8-9-22(34)28-16-25(2,3)30(37)15-20-10-12-21(13-11-20)24(36)27-14-23(35)29-26(17-31,18-32)19-33/h10-13,15,31-33H,4-9,14,16-19H2,1-3H3,(H,27,36)(H,28,34)(H,29,35)/b30-15-. The van der Waals surface area contributed by atoms with Crippen LogP contribution in [-0.4, -0.2) is 88.0 Å². The zero-order valence-corrected chi connectivity index (χ0v) is 22.1. The van der Waals surface area contributed by atoms with E-state index >= 15 is 0 Å². The van der Waals surface area contributed by atoms with Crippen LogP contribution < -0.4 is 16.0 Å². The SMILES string of the molecule is CCCCCCCC(=O)NCC(C)(C)/[N+]([O-])=C/c1ccc(C(=O)NCC(=O)NC(CO)(CO)CO)cc1. The maximum Gasteiger partial charge on any atom is 0.251 e. The summed E-state index contributed by atoms with van der Waals surface area (Å²) in [6.07, 6.45) is 7.11. The van der Waals surface area contributed by atoms with Crippen molar-refractivity contribution in [1.29, 1.82) is 0 Å². The first kappa shape index (κ1) is 32.0. The van der Waals surface area contributed by atoms with Crippen LogP contribution in [0.4, 0.5) is 0 Å². The molecule has 0 atom stereocenters. The summed E-state index contributed by atoms with van der Waals surface area (Å²) in [5.74, 6) is -1.30. The number of benzene rings is 1. The molecule has 0 aromatic heterocycles. The van der Waals surface area contributed by atoms with Crippen molar-refractivity contribution in [2.45, 2.75) is 70.4 Å². The number of hydroxylamine groups is 1. The number of rotatable bonds is 17. The van der Waals surface area contributed by atoms with E-state index < -0.39 is 49.3 Å². The average Bonchev–Trinajstić information content (AvgIpc) is 2.89. The molecule has 6 N–H and O–H groups in total. The molecule has 0 aliphatic rings. The largest absolute Gasteiger partial charge is 0.623 e. The monoisotopic (exact) mass is 522 g/mol. The summed E-state index contributed by atoms with van der Waals surface area (Å²) in [5, 5.41) is 48.0. The van der Waals surface area contributed by atoms with Gasteiger partial charge in [0.2, 0.25) is 11.8 Å². The summed E-state index contributed by atoms with van der Waals surface area (Å²) in [5.41, 5.74) is -1.65. The minimum atomic E-state index is -1.58. The van der Waals surface area contributed by atoms with Gasteiger partial charge in [0.15, 0.2) is 11.8 Å². The Morgan fingerprint density at radius 1 is 0.919 bits per heavy atom. The smallest absolute Gasteiger partial charge is 0.251 e. The number of nitrogens with one attached hydrogen (secondary N) is 3. The quantitative estimate of drug-likeness (QED) is 0.0565. The van der Waals surface area contributed by atoms with E-state index in [-0.39, 0.29) is 18.0 Å². The predicted molar refractivity (Wildman–Crippen MR) is 140 cm³/mol. The minimum absolute atomic E-state index is 0.0724. The lowest BCUT2D eigenvalue weighted by Crippen LogP contribution is -2.58. The second kappa shape index (κ2) is 16.0. The topological polar surface area (TPSA) is 174 Å². The summed E-state index contributed by atoms with van der Waals surface area (Å²) in [4.78, 5) is 36.4. The van der Waals surface area contributed by atoms with Crippen LogP contribution in [0, 0.1) is 5.21 Å². The van der Waals surface area contributed by atoms with Crippen LogP contribution >= 0.6 is 0 Å². The number of aliphatic hydroxyl groups excluding tert-OH is 3. The van der Waals surface area contributed by atoms with Crippen LogP contribution in [0.15, 0.2) is 24.3 Å². The molecule has 0 heterocycles. The number of carbonyl (C=O) groups excluding carboxylic acids is 3. The number of carbonyl (C=O) groups is 3. The van der Waals surface area contributed by atoms with Gasteiger partial charge in [-0.05, 0) is 30.7 Å². The highest BCUT2D eigenvalue weighted by atomic mass is 16.5. The Balaban J connectivity index is 2.60. The first-order valence-corrected chi connectivity index (χ1v) is 12.6. The van der Waals surface area contributed by atoms with Crippen molar-refractivity contribution in [1.82, 2.24) is 16.0 Å². The molecule has 0 spiro atoms. The lowest BCUT2D eigenvalue weighted by molar-refractivity contribution is -0.533. The molecule has 208 valence electrons. The second-order valence-electron chi connectivity index (χ2n) is 9.82. The van der Waals surface area contributed by atoms with Crippen LogP contribution in [0.3, 0.4) is 0 Å². The van der Waals surface area contributed by atoms with Crippen molar-refractivity contribution < 1.29 is 34.4 Å². The molecule has 0 radical (unpaired) electrons. The van der Waals surface area contributed by atoms with Gasteiger partial charge in [-0.15, -0.1) is 0 Å². The first-order valence-electron chi connectivity index (χ1n) is 12.6. The highest BCUT2D eigenvalue weighted by Gasteiger charge is 2.30. The van der Waals surface area contributed by atoms with Crippen LogP contribution in [0.5, 0.6) is 0 Å². The molecule has 0 saturated heterocycles. The average molecular weight is 523 g/mol. The Kier molecular flexibility index (Phi) is 13.8. The zero-order chi connectivity index (χ0) is 27.9. The third-order valence-corrected chi connectivity index (χ3v) is 5.98. The van der Waals surface area contributed by atoms with E-state index in [1.54, 1.807) is 26.0 Å². The number of unbranched alkanes of at least 4 members (excludes halogenated alkanes) is 4. The third-order valence-electron chi connectivity index (χ3n) is 5.98. The number of hydrogen-bond donors (Lipinski definition) is 6. The minimum Gasteiger partial charge on any atom is -0.623 e. The maximum absolute atomic E-state index is 12.7. The number of hydrogen-bond acceptors (Lipinski definition) is 7. The van der Waals surface area contributed by atoms with Crippen molar-refractivity contribution in [3.05, 3.63) is 40.6 Å². The third kappa shape index (κ3) is 11.3. The van der Waals surface area contributed by atoms with Crippen LogP contribution in [-0.2, 0) is 9.59 Å². The molecule has 0 bridgehead atoms. The highest BCUT2D eigenvalue weighted by Crippen LogP contribution is 2.10. The summed E-state index contributed by atoms with van der Waals surface area (Å²) in [6.45, 7) is 3.34. The molecule has 1 aromatic rings. The van der Waals surface area contributed by atoms with Gasteiger partial charge in [-0.25, -0.2) is 4.74 Å². The van der Waals surface area contributed by atoms with Crippen molar-refractivity contribution in [3.8, 4) is 0 Å². The number of nitrogens with zero attached hydrogens (tertiary/aromatic N) is 1. The summed E-state index contributed by atoms with van der Waals surface area (Å²) >= 11 is 0.